The lowest BCUT2D eigenvalue weighted by Crippen LogP contribution is -2.51. The lowest BCUT2D eigenvalue weighted by molar-refractivity contribution is -0.122. The molecule has 150 valence electrons. The van der Waals surface area contributed by atoms with Gasteiger partial charge in [-0.05, 0) is 13.0 Å². The number of halogens is 3. The minimum absolute atomic E-state index is 0.0280. The van der Waals surface area contributed by atoms with Crippen LogP contribution in [-0.2, 0) is 4.79 Å². The van der Waals surface area contributed by atoms with Crippen LogP contribution in [0.15, 0.2) is 6.07 Å². The van der Waals surface area contributed by atoms with Crippen molar-refractivity contribution in [3.8, 4) is 0 Å². The monoisotopic (exact) mass is 396 g/mol. The zero-order chi connectivity index (χ0) is 20.4. The third-order valence-corrected chi connectivity index (χ3v) is 5.37. The second kappa shape index (κ2) is 5.82. The first kappa shape index (κ1) is 18.5. The molecule has 2 N–H and O–H groups in total. The van der Waals surface area contributed by atoms with Crippen LogP contribution in [0.1, 0.15) is 31.2 Å². The van der Waals surface area contributed by atoms with Gasteiger partial charge in [0.25, 0.3) is 5.92 Å². The van der Waals surface area contributed by atoms with E-state index in [0.717, 1.165) is 4.52 Å². The van der Waals surface area contributed by atoms with Gasteiger partial charge in [0.2, 0.25) is 11.9 Å². The number of aromatic nitrogens is 3. The maximum absolute atomic E-state index is 14.5. The fourth-order valence-electron chi connectivity index (χ4n) is 3.55. The van der Waals surface area contributed by atoms with E-state index in [-0.39, 0.29) is 35.8 Å². The number of urea groups is 1. The number of carbonyl (C=O) groups is 2. The van der Waals surface area contributed by atoms with Crippen LogP contribution < -0.4 is 15.5 Å². The number of fused-ring (bicyclic) bond motifs is 1. The van der Waals surface area contributed by atoms with Gasteiger partial charge in [0, 0.05) is 18.5 Å². The highest BCUT2D eigenvalue weighted by Gasteiger charge is 2.54. The molecule has 28 heavy (non-hydrogen) atoms. The van der Waals surface area contributed by atoms with E-state index in [0.29, 0.717) is 0 Å². The molecular weight excluding hydrogens is 377 g/mol. The molecule has 4 rings (SSSR count). The van der Waals surface area contributed by atoms with Crippen molar-refractivity contribution < 1.29 is 22.8 Å². The molecular formula is C17H19F3N6O2. The summed E-state index contributed by atoms with van der Waals surface area (Å²) in [6, 6.07) is 0.841. The zero-order valence-electron chi connectivity index (χ0n) is 15.5. The minimum Gasteiger partial charge on any atom is -0.362 e. The Kier molecular flexibility index (Phi) is 3.85. The van der Waals surface area contributed by atoms with Crippen LogP contribution in [0.5, 0.6) is 0 Å². The summed E-state index contributed by atoms with van der Waals surface area (Å²) < 4.78 is 44.3. The number of nitrogens with one attached hydrogen (secondary N) is 2. The number of imidazole rings is 1. The summed E-state index contributed by atoms with van der Waals surface area (Å²) >= 11 is 0. The normalized spacial score (nSPS) is 23.8. The standard InChI is InChI=1S/C17H19F3N6O2/c1-8-12(18)26-13(22-8)11(25-6-16(2,3)17(19,20)7-25)4-10(24-26)9-5-21-15(28)23-14(9)27/h4,9H,5-7H2,1-3H3,(H2,21,23,27,28). The van der Waals surface area contributed by atoms with E-state index < -0.39 is 41.7 Å². The molecule has 0 bridgehead atoms. The van der Waals surface area contributed by atoms with Crippen LogP contribution in [0.2, 0.25) is 0 Å². The summed E-state index contributed by atoms with van der Waals surface area (Å²) in [5.41, 5.74) is -0.689. The average molecular weight is 396 g/mol. The van der Waals surface area contributed by atoms with Crippen molar-refractivity contribution in [2.24, 2.45) is 5.41 Å². The summed E-state index contributed by atoms with van der Waals surface area (Å²) in [6.45, 7) is 3.82. The third-order valence-electron chi connectivity index (χ3n) is 5.37. The number of anilines is 1. The molecule has 2 aromatic heterocycles. The molecule has 4 heterocycles. The Morgan fingerprint density at radius 1 is 1.25 bits per heavy atom. The molecule has 0 spiro atoms. The quantitative estimate of drug-likeness (QED) is 0.804. The number of rotatable bonds is 2. The Morgan fingerprint density at radius 2 is 1.96 bits per heavy atom. The molecule has 2 fully saturated rings. The van der Waals surface area contributed by atoms with Gasteiger partial charge in [-0.2, -0.15) is 14.0 Å². The number of hydrogen-bond donors (Lipinski definition) is 2. The first-order valence-electron chi connectivity index (χ1n) is 8.77. The van der Waals surface area contributed by atoms with Gasteiger partial charge in [-0.15, -0.1) is 0 Å². The first-order chi connectivity index (χ1) is 13.0. The van der Waals surface area contributed by atoms with E-state index >= 15 is 0 Å². The van der Waals surface area contributed by atoms with Gasteiger partial charge in [-0.25, -0.2) is 18.6 Å². The Hall–Kier alpha value is -2.85. The highest BCUT2D eigenvalue weighted by molar-refractivity contribution is 6.00. The SMILES string of the molecule is Cc1nc2c(N3CC(C)(C)C(F)(F)C3)cc(C3CNC(=O)NC3=O)nn2c1F. The first-order valence-corrected chi connectivity index (χ1v) is 8.77. The molecule has 11 heteroatoms. The Morgan fingerprint density at radius 3 is 2.57 bits per heavy atom. The zero-order valence-corrected chi connectivity index (χ0v) is 15.5. The lowest BCUT2D eigenvalue weighted by Gasteiger charge is -2.25. The van der Waals surface area contributed by atoms with E-state index in [4.69, 9.17) is 0 Å². The smallest absolute Gasteiger partial charge is 0.321 e. The second-order valence-corrected chi connectivity index (χ2v) is 7.87. The summed E-state index contributed by atoms with van der Waals surface area (Å²) in [6.07, 6.45) is 0. The van der Waals surface area contributed by atoms with E-state index in [1.165, 1.54) is 31.7 Å². The fourth-order valence-corrected chi connectivity index (χ4v) is 3.55. The number of amides is 3. The number of carbonyl (C=O) groups excluding carboxylic acids is 2. The predicted molar refractivity (Wildman–Crippen MR) is 92.9 cm³/mol. The molecule has 1 atom stereocenters. The molecule has 3 amide bonds. The van der Waals surface area contributed by atoms with Crippen molar-refractivity contribution >= 4 is 23.3 Å². The van der Waals surface area contributed by atoms with Gasteiger partial charge >= 0.3 is 6.03 Å². The van der Waals surface area contributed by atoms with E-state index in [1.807, 2.05) is 0 Å². The summed E-state index contributed by atoms with van der Waals surface area (Å²) in [5.74, 6) is -5.16. The minimum atomic E-state index is -2.95. The van der Waals surface area contributed by atoms with E-state index in [1.54, 1.807) is 0 Å². The lowest BCUT2D eigenvalue weighted by atomic mass is 9.89. The number of nitrogens with zero attached hydrogens (tertiary/aromatic N) is 4. The van der Waals surface area contributed by atoms with Crippen LogP contribution in [0, 0.1) is 18.3 Å². The summed E-state index contributed by atoms with van der Waals surface area (Å²) in [7, 11) is 0. The largest absolute Gasteiger partial charge is 0.362 e. The van der Waals surface area contributed by atoms with Crippen molar-refractivity contribution in [1.82, 2.24) is 25.2 Å². The van der Waals surface area contributed by atoms with Crippen molar-refractivity contribution in [3.05, 3.63) is 23.4 Å². The second-order valence-electron chi connectivity index (χ2n) is 7.87. The van der Waals surface area contributed by atoms with Crippen LogP contribution in [0.25, 0.3) is 5.65 Å². The van der Waals surface area contributed by atoms with Crippen molar-refractivity contribution in [2.75, 3.05) is 24.5 Å². The molecule has 2 aliphatic rings. The van der Waals surface area contributed by atoms with Crippen molar-refractivity contribution in [2.45, 2.75) is 32.6 Å². The molecule has 2 saturated heterocycles. The van der Waals surface area contributed by atoms with Gasteiger partial charge in [-0.3, -0.25) is 10.1 Å². The maximum atomic E-state index is 14.5. The number of hydrogen-bond acceptors (Lipinski definition) is 5. The maximum Gasteiger partial charge on any atom is 0.321 e. The third kappa shape index (κ3) is 2.68. The summed E-state index contributed by atoms with van der Waals surface area (Å²) in [5, 5.41) is 8.76. The molecule has 0 aromatic carbocycles. The van der Waals surface area contributed by atoms with Crippen LogP contribution in [0.4, 0.5) is 23.7 Å². The Balaban J connectivity index is 1.85. The van der Waals surface area contributed by atoms with Crippen LogP contribution >= 0.6 is 0 Å². The topological polar surface area (TPSA) is 91.6 Å². The van der Waals surface area contributed by atoms with E-state index in [2.05, 4.69) is 20.7 Å². The molecule has 2 aliphatic heterocycles. The molecule has 0 radical (unpaired) electrons. The van der Waals surface area contributed by atoms with E-state index in [9.17, 15) is 22.8 Å². The summed E-state index contributed by atoms with van der Waals surface area (Å²) in [4.78, 5) is 29.1. The fraction of sp³-hybridized carbons (Fsp3) is 0.529. The predicted octanol–water partition coefficient (Wildman–Crippen LogP) is 1.58. The molecule has 1 unspecified atom stereocenters. The molecule has 2 aromatic rings. The average Bonchev–Trinajstić information content (AvgIpc) is 2.99. The van der Waals surface area contributed by atoms with Crippen LogP contribution in [-0.4, -0.2) is 52.1 Å². The van der Waals surface area contributed by atoms with Crippen LogP contribution in [0.3, 0.4) is 0 Å². The van der Waals surface area contributed by atoms with Gasteiger partial charge in [-0.1, -0.05) is 13.8 Å². The van der Waals surface area contributed by atoms with Gasteiger partial charge in [0.15, 0.2) is 5.65 Å². The Bertz CT molecular complexity index is 986. The highest BCUT2D eigenvalue weighted by atomic mass is 19.3. The number of alkyl halides is 2. The Labute approximate surface area is 158 Å². The molecule has 8 nitrogen and oxygen atoms in total. The van der Waals surface area contributed by atoms with Crippen molar-refractivity contribution in [1.29, 1.82) is 0 Å². The van der Waals surface area contributed by atoms with Gasteiger partial charge < -0.3 is 10.2 Å². The van der Waals surface area contributed by atoms with Gasteiger partial charge in [0.05, 0.1) is 29.5 Å². The number of imide groups is 1. The van der Waals surface area contributed by atoms with Gasteiger partial charge in [0.1, 0.15) is 0 Å². The number of aryl methyl sites for hydroxylation is 1. The van der Waals surface area contributed by atoms with Crippen molar-refractivity contribution in [3.63, 3.8) is 0 Å². The molecule has 0 aliphatic carbocycles. The molecule has 0 saturated carbocycles. The highest BCUT2D eigenvalue weighted by Crippen LogP contribution is 2.45.